The summed E-state index contributed by atoms with van der Waals surface area (Å²) in [6, 6.07) is 4.14. The lowest BCUT2D eigenvalue weighted by Gasteiger charge is -2.19. The molecule has 0 fully saturated rings. The van der Waals surface area contributed by atoms with Gasteiger partial charge in [-0.25, -0.2) is 13.1 Å². The van der Waals surface area contributed by atoms with Crippen molar-refractivity contribution in [2.75, 3.05) is 19.0 Å². The molecule has 1 aromatic carbocycles. The van der Waals surface area contributed by atoms with Crippen molar-refractivity contribution in [1.29, 1.82) is 0 Å². The SMILES string of the molecule is COCCn1cnnc1[C@H](C)NS(=O)(=O)c1ccc2c(c1)CCC(=O)N2. The van der Waals surface area contributed by atoms with E-state index in [1.165, 1.54) is 6.07 Å². The van der Waals surface area contributed by atoms with E-state index in [9.17, 15) is 13.2 Å². The number of aromatic nitrogens is 3. The molecule has 2 N–H and O–H groups in total. The van der Waals surface area contributed by atoms with Crippen LogP contribution in [-0.4, -0.2) is 42.8 Å². The maximum Gasteiger partial charge on any atom is 0.241 e. The molecule has 2 heterocycles. The van der Waals surface area contributed by atoms with Crippen LogP contribution >= 0.6 is 0 Å². The molecule has 0 saturated heterocycles. The number of methoxy groups -OCH3 is 1. The highest BCUT2D eigenvalue weighted by molar-refractivity contribution is 7.89. The van der Waals surface area contributed by atoms with Gasteiger partial charge >= 0.3 is 0 Å². The van der Waals surface area contributed by atoms with Gasteiger partial charge in [-0.15, -0.1) is 10.2 Å². The zero-order chi connectivity index (χ0) is 18.7. The van der Waals surface area contributed by atoms with Gasteiger partial charge in [0.1, 0.15) is 6.33 Å². The summed E-state index contributed by atoms with van der Waals surface area (Å²) in [5.74, 6) is 0.450. The molecule has 9 nitrogen and oxygen atoms in total. The van der Waals surface area contributed by atoms with E-state index in [1.54, 1.807) is 37.1 Å². The number of aryl methyl sites for hydroxylation is 1. The van der Waals surface area contributed by atoms with Crippen LogP contribution in [0.15, 0.2) is 29.4 Å². The molecule has 0 unspecified atom stereocenters. The molecule has 1 aliphatic rings. The van der Waals surface area contributed by atoms with E-state index < -0.39 is 16.1 Å². The van der Waals surface area contributed by atoms with Gasteiger partial charge in [0.2, 0.25) is 15.9 Å². The number of fused-ring (bicyclic) bond motifs is 1. The summed E-state index contributed by atoms with van der Waals surface area (Å²) in [4.78, 5) is 11.6. The first-order chi connectivity index (χ1) is 12.4. The first-order valence-electron chi connectivity index (χ1n) is 8.22. The van der Waals surface area contributed by atoms with Gasteiger partial charge in [-0.2, -0.15) is 0 Å². The quantitative estimate of drug-likeness (QED) is 0.737. The van der Waals surface area contributed by atoms with Crippen LogP contribution in [0.1, 0.15) is 30.8 Å². The molecule has 1 atom stereocenters. The topological polar surface area (TPSA) is 115 Å². The van der Waals surface area contributed by atoms with Crippen molar-refractivity contribution in [2.24, 2.45) is 0 Å². The molecule has 3 rings (SSSR count). The molecule has 0 radical (unpaired) electrons. The zero-order valence-electron chi connectivity index (χ0n) is 14.6. The molecule has 1 aromatic heterocycles. The van der Waals surface area contributed by atoms with Gasteiger partial charge in [0.05, 0.1) is 17.5 Å². The Kier molecular flexibility index (Phi) is 5.35. The largest absolute Gasteiger partial charge is 0.383 e. The van der Waals surface area contributed by atoms with Gasteiger partial charge in [-0.3, -0.25) is 4.79 Å². The van der Waals surface area contributed by atoms with E-state index >= 15 is 0 Å². The van der Waals surface area contributed by atoms with E-state index in [4.69, 9.17) is 4.74 Å². The maximum absolute atomic E-state index is 12.7. The van der Waals surface area contributed by atoms with Crippen LogP contribution in [-0.2, 0) is 32.5 Å². The van der Waals surface area contributed by atoms with Gasteiger partial charge < -0.3 is 14.6 Å². The summed E-state index contributed by atoms with van der Waals surface area (Å²) in [6.45, 7) is 2.72. The van der Waals surface area contributed by atoms with Gasteiger partial charge in [0.15, 0.2) is 5.82 Å². The second-order valence-electron chi connectivity index (χ2n) is 6.09. The highest BCUT2D eigenvalue weighted by atomic mass is 32.2. The molecule has 0 saturated carbocycles. The average molecular weight is 379 g/mol. The number of anilines is 1. The van der Waals surface area contributed by atoms with Gasteiger partial charge in [0, 0.05) is 25.8 Å². The lowest BCUT2D eigenvalue weighted by atomic mass is 10.0. The van der Waals surface area contributed by atoms with Crippen LogP contribution < -0.4 is 10.0 Å². The minimum atomic E-state index is -3.74. The van der Waals surface area contributed by atoms with E-state index in [0.29, 0.717) is 37.5 Å². The molecule has 0 aliphatic carbocycles. The molecular weight excluding hydrogens is 358 g/mol. The van der Waals surface area contributed by atoms with Crippen LogP contribution in [0.4, 0.5) is 5.69 Å². The average Bonchev–Trinajstić information content (AvgIpc) is 3.07. The molecule has 10 heteroatoms. The number of carbonyl (C=O) groups excluding carboxylic acids is 1. The first kappa shape index (κ1) is 18.5. The predicted molar refractivity (Wildman–Crippen MR) is 94.0 cm³/mol. The Morgan fingerprint density at radius 3 is 2.96 bits per heavy atom. The Balaban J connectivity index is 1.79. The lowest BCUT2D eigenvalue weighted by Crippen LogP contribution is -2.29. The van der Waals surface area contributed by atoms with Crippen molar-refractivity contribution in [2.45, 2.75) is 37.2 Å². The zero-order valence-corrected chi connectivity index (χ0v) is 15.4. The standard InChI is InChI=1S/C16H21N5O4S/c1-11(16-19-17-10-21(16)7-8-25-2)20-26(23,24)13-4-5-14-12(9-13)3-6-15(22)18-14/h4-5,9-11,20H,3,6-8H2,1-2H3,(H,18,22)/t11-/m0/s1. The number of rotatable bonds is 7. The van der Waals surface area contributed by atoms with Gasteiger partial charge in [0.25, 0.3) is 0 Å². The van der Waals surface area contributed by atoms with Crippen molar-refractivity contribution in [1.82, 2.24) is 19.5 Å². The maximum atomic E-state index is 12.7. The Morgan fingerprint density at radius 1 is 1.38 bits per heavy atom. The molecule has 0 bridgehead atoms. The number of carbonyl (C=O) groups is 1. The Bertz CT molecular complexity index is 909. The number of nitrogens with zero attached hydrogens (tertiary/aromatic N) is 3. The van der Waals surface area contributed by atoms with Crippen molar-refractivity contribution in [3.05, 3.63) is 35.9 Å². The van der Waals surface area contributed by atoms with E-state index in [0.717, 1.165) is 5.56 Å². The van der Waals surface area contributed by atoms with E-state index in [1.807, 2.05) is 0 Å². The van der Waals surface area contributed by atoms with Crippen LogP contribution in [0.5, 0.6) is 0 Å². The third-order valence-electron chi connectivity index (χ3n) is 4.18. The monoisotopic (exact) mass is 379 g/mol. The number of nitrogens with one attached hydrogen (secondary N) is 2. The van der Waals surface area contributed by atoms with Crippen molar-refractivity contribution < 1.29 is 17.9 Å². The minimum absolute atomic E-state index is 0.0600. The fraction of sp³-hybridized carbons (Fsp3) is 0.438. The highest BCUT2D eigenvalue weighted by Crippen LogP contribution is 2.26. The number of ether oxygens (including phenoxy) is 1. The summed E-state index contributed by atoms with van der Waals surface area (Å²) in [6.07, 6.45) is 2.41. The molecule has 140 valence electrons. The number of hydrogen-bond acceptors (Lipinski definition) is 6. The van der Waals surface area contributed by atoms with Crippen LogP contribution in [0, 0.1) is 0 Å². The normalized spacial score (nSPS) is 15.4. The third kappa shape index (κ3) is 3.92. The van der Waals surface area contributed by atoms with Gasteiger partial charge in [-0.1, -0.05) is 0 Å². The highest BCUT2D eigenvalue weighted by Gasteiger charge is 2.24. The van der Waals surface area contributed by atoms with Crippen molar-refractivity contribution >= 4 is 21.6 Å². The summed E-state index contributed by atoms with van der Waals surface area (Å²) in [5.41, 5.74) is 1.47. The smallest absolute Gasteiger partial charge is 0.241 e. The lowest BCUT2D eigenvalue weighted by molar-refractivity contribution is -0.116. The fourth-order valence-corrected chi connectivity index (χ4v) is 4.09. The summed E-state index contributed by atoms with van der Waals surface area (Å²) >= 11 is 0. The third-order valence-corrected chi connectivity index (χ3v) is 5.72. The molecule has 1 amide bonds. The van der Waals surface area contributed by atoms with Crippen LogP contribution in [0.3, 0.4) is 0 Å². The van der Waals surface area contributed by atoms with E-state index in [2.05, 4.69) is 20.2 Å². The Labute approximate surface area is 151 Å². The Hall–Kier alpha value is -2.30. The van der Waals surface area contributed by atoms with Crippen LogP contribution in [0.2, 0.25) is 0 Å². The predicted octanol–water partition coefficient (Wildman–Crippen LogP) is 0.849. The second-order valence-corrected chi connectivity index (χ2v) is 7.80. The van der Waals surface area contributed by atoms with Gasteiger partial charge in [-0.05, 0) is 37.1 Å². The molecular formula is C16H21N5O4S. The molecule has 2 aromatic rings. The van der Waals surface area contributed by atoms with Crippen molar-refractivity contribution in [3.8, 4) is 0 Å². The molecule has 0 spiro atoms. The summed E-state index contributed by atoms with van der Waals surface area (Å²) in [7, 11) is -2.15. The van der Waals surface area contributed by atoms with Crippen molar-refractivity contribution in [3.63, 3.8) is 0 Å². The summed E-state index contributed by atoms with van der Waals surface area (Å²) < 4.78 is 34.9. The summed E-state index contributed by atoms with van der Waals surface area (Å²) in [5, 5.41) is 10.6. The molecule has 1 aliphatic heterocycles. The van der Waals surface area contributed by atoms with Crippen LogP contribution in [0.25, 0.3) is 0 Å². The van der Waals surface area contributed by atoms with E-state index in [-0.39, 0.29) is 10.8 Å². The Morgan fingerprint density at radius 2 is 2.19 bits per heavy atom. The number of amides is 1. The fourth-order valence-electron chi connectivity index (χ4n) is 2.84. The number of hydrogen-bond donors (Lipinski definition) is 2. The first-order valence-corrected chi connectivity index (χ1v) is 9.71. The minimum Gasteiger partial charge on any atom is -0.383 e. The molecule has 26 heavy (non-hydrogen) atoms. The number of sulfonamides is 1. The number of benzene rings is 1. The second kappa shape index (κ2) is 7.52.